The van der Waals surface area contributed by atoms with Gasteiger partial charge in [-0.15, -0.1) is 0 Å². The highest BCUT2D eigenvalue weighted by Crippen LogP contribution is 2.35. The summed E-state index contributed by atoms with van der Waals surface area (Å²) in [7, 11) is 0. The van der Waals surface area contributed by atoms with E-state index < -0.39 is 60.6 Å². The predicted molar refractivity (Wildman–Crippen MR) is 170 cm³/mol. The third-order valence-corrected chi connectivity index (χ3v) is 7.04. The molecule has 0 radical (unpaired) electrons. The number of anilines is 1. The smallest absolute Gasteiger partial charge is 0.359 e. The highest BCUT2D eigenvalue weighted by Gasteiger charge is 2.25. The molecule has 0 unspecified atom stereocenters. The molecule has 0 spiro atoms. The predicted octanol–water partition coefficient (Wildman–Crippen LogP) is 1.80. The molecule has 0 aliphatic rings. The molecule has 17 nitrogen and oxygen atoms in total. The number of nitrogens with zero attached hydrogens (tertiary/aromatic N) is 2. The zero-order valence-corrected chi connectivity index (χ0v) is 25.8. The molecule has 0 saturated carbocycles. The first-order valence-corrected chi connectivity index (χ1v) is 14.4. The van der Waals surface area contributed by atoms with Crippen molar-refractivity contribution in [1.82, 2.24) is 0 Å². The Balaban J connectivity index is 1.69. The summed E-state index contributed by atoms with van der Waals surface area (Å²) in [5.41, 5.74) is 0.333. The average molecular weight is 681 g/mol. The Morgan fingerprint density at radius 3 is 1.96 bits per heavy atom. The summed E-state index contributed by atoms with van der Waals surface area (Å²) < 4.78 is 17.3. The van der Waals surface area contributed by atoms with Crippen LogP contribution in [0.25, 0.3) is 22.1 Å². The van der Waals surface area contributed by atoms with Crippen molar-refractivity contribution in [3.8, 4) is 22.6 Å². The van der Waals surface area contributed by atoms with Gasteiger partial charge in [0.15, 0.2) is 24.5 Å². The molecule has 0 aliphatic carbocycles. The standard InChI is InChI=1S/C32H29N3O14/c1-18-2-7-23(33(14-28(36)37)15-29(38)39)26(10-18)47-8-9-48-27-12-20-11-22(19-3-5-21(6-4-19)35(45)46)32(44)49-25(20)13-24(27)34(16-30(40)41)17-31(42)43/h2-7,10-13H,8-9,14-17H2,1H3,(H,36,37)(H,38,39)(H,40,41)(H,42,43)/p+1. The molecular weight excluding hydrogens is 650 g/mol. The summed E-state index contributed by atoms with van der Waals surface area (Å²) in [6.07, 6.45) is 0. The fraction of sp³-hybridized carbons (Fsp3) is 0.219. The minimum Gasteiger partial charge on any atom is -0.488 e. The number of nitro benzene ring substituents is 1. The molecule has 3 aromatic carbocycles. The van der Waals surface area contributed by atoms with Crippen LogP contribution in [-0.4, -0.2) is 88.6 Å². The number of aliphatic carboxylic acids is 4. The Morgan fingerprint density at radius 2 is 1.41 bits per heavy atom. The number of carbonyl (C=O) groups is 4. The maximum absolute atomic E-state index is 12.9. The molecule has 4 aromatic rings. The van der Waals surface area contributed by atoms with Crippen LogP contribution in [0.4, 0.5) is 17.1 Å². The fourth-order valence-electron chi connectivity index (χ4n) is 4.98. The molecular formula is C32H30N3O14+. The second-order valence-electron chi connectivity index (χ2n) is 10.7. The van der Waals surface area contributed by atoms with Crippen LogP contribution in [0.1, 0.15) is 5.56 Å². The van der Waals surface area contributed by atoms with E-state index in [1.165, 1.54) is 42.5 Å². The van der Waals surface area contributed by atoms with Crippen LogP contribution >= 0.6 is 0 Å². The third-order valence-electron chi connectivity index (χ3n) is 7.04. The first kappa shape index (κ1) is 35.4. The Labute approximate surface area is 275 Å². The van der Waals surface area contributed by atoms with Gasteiger partial charge in [-0.3, -0.25) is 24.6 Å². The summed E-state index contributed by atoms with van der Waals surface area (Å²) in [5, 5.41) is 49.0. The summed E-state index contributed by atoms with van der Waals surface area (Å²) >= 11 is 0. The summed E-state index contributed by atoms with van der Waals surface area (Å²) in [4.78, 5) is 70.6. The summed E-state index contributed by atoms with van der Waals surface area (Å²) in [5.74, 6) is -4.97. The molecule has 256 valence electrons. The number of carboxylic acids is 4. The normalized spacial score (nSPS) is 10.9. The number of nitrogens with one attached hydrogen (secondary N) is 1. The number of ether oxygens (including phenoxy) is 2. The van der Waals surface area contributed by atoms with Crippen molar-refractivity contribution in [2.45, 2.75) is 6.92 Å². The van der Waals surface area contributed by atoms with Gasteiger partial charge in [-0.05, 0) is 48.4 Å². The van der Waals surface area contributed by atoms with Gasteiger partial charge in [0.1, 0.15) is 37.6 Å². The maximum atomic E-state index is 12.9. The van der Waals surface area contributed by atoms with E-state index in [2.05, 4.69) is 0 Å². The van der Waals surface area contributed by atoms with Crippen LogP contribution < -0.4 is 24.9 Å². The van der Waals surface area contributed by atoms with Gasteiger partial charge in [0, 0.05) is 29.7 Å². The molecule has 5 N–H and O–H groups in total. The van der Waals surface area contributed by atoms with Gasteiger partial charge in [-0.25, -0.2) is 14.4 Å². The monoisotopic (exact) mass is 680 g/mol. The number of carboxylic acid groups (broad SMARTS) is 4. The first-order chi connectivity index (χ1) is 23.2. The SMILES string of the molecule is Cc1ccc([NH+](CC(=O)O)CC(=O)O)c(OCCOc2cc3cc(-c4ccc([N+](=O)[O-])cc4)c(=O)oc3cc2N(CC(=O)O)CC(=O)O)c1. The number of rotatable bonds is 17. The van der Waals surface area contributed by atoms with Crippen LogP contribution in [0.3, 0.4) is 0 Å². The van der Waals surface area contributed by atoms with Gasteiger partial charge < -0.3 is 39.2 Å². The molecule has 0 bridgehead atoms. The Bertz CT molecular complexity index is 1940. The van der Waals surface area contributed by atoms with E-state index in [1.54, 1.807) is 25.1 Å². The Morgan fingerprint density at radius 1 is 0.816 bits per heavy atom. The van der Waals surface area contributed by atoms with Gasteiger partial charge >= 0.3 is 29.5 Å². The summed E-state index contributed by atoms with van der Waals surface area (Å²) in [6, 6.07) is 14.1. The van der Waals surface area contributed by atoms with Crippen molar-refractivity contribution < 1.29 is 63.3 Å². The number of hydrogen-bond donors (Lipinski definition) is 5. The van der Waals surface area contributed by atoms with E-state index >= 15 is 0 Å². The van der Waals surface area contributed by atoms with Crippen LogP contribution in [0.15, 0.2) is 69.9 Å². The van der Waals surface area contributed by atoms with Crippen LogP contribution in [0, 0.1) is 17.0 Å². The van der Waals surface area contributed by atoms with Gasteiger partial charge in [-0.2, -0.15) is 0 Å². The molecule has 0 aliphatic heterocycles. The molecule has 1 aromatic heterocycles. The van der Waals surface area contributed by atoms with E-state index in [4.69, 9.17) is 13.9 Å². The number of fused-ring (bicyclic) bond motifs is 1. The van der Waals surface area contributed by atoms with E-state index in [1.807, 2.05) is 0 Å². The fourth-order valence-corrected chi connectivity index (χ4v) is 4.98. The lowest BCUT2D eigenvalue weighted by Crippen LogP contribution is -3.09. The highest BCUT2D eigenvalue weighted by atomic mass is 16.6. The molecule has 17 heteroatoms. The molecule has 0 fully saturated rings. The minimum absolute atomic E-state index is 0.00410. The molecule has 4 rings (SSSR count). The molecule has 0 saturated heterocycles. The lowest BCUT2D eigenvalue weighted by atomic mass is 10.0. The number of non-ortho nitro benzene ring substituents is 1. The lowest BCUT2D eigenvalue weighted by molar-refractivity contribution is -0.816. The van der Waals surface area contributed by atoms with Gasteiger partial charge in [0.25, 0.3) is 5.69 Å². The zero-order valence-electron chi connectivity index (χ0n) is 25.8. The minimum atomic E-state index is -1.35. The maximum Gasteiger partial charge on any atom is 0.359 e. The molecule has 1 heterocycles. The highest BCUT2D eigenvalue weighted by molar-refractivity contribution is 5.90. The van der Waals surface area contributed by atoms with Gasteiger partial charge in [0.05, 0.1) is 16.2 Å². The van der Waals surface area contributed by atoms with Crippen molar-refractivity contribution >= 4 is 51.9 Å². The zero-order chi connectivity index (χ0) is 35.8. The van der Waals surface area contributed by atoms with Crippen LogP contribution in [-0.2, 0) is 19.2 Å². The number of benzene rings is 3. The topological polar surface area (TPSA) is 249 Å². The van der Waals surface area contributed by atoms with Crippen LogP contribution in [0.5, 0.6) is 11.5 Å². The number of hydrogen-bond acceptors (Lipinski definition) is 11. The second-order valence-corrected chi connectivity index (χ2v) is 10.7. The quantitative estimate of drug-likeness (QED) is 0.0462. The van der Waals surface area contributed by atoms with Crippen molar-refractivity contribution in [1.29, 1.82) is 0 Å². The second kappa shape index (κ2) is 15.4. The Hall–Kier alpha value is -6.49. The molecule has 0 amide bonds. The van der Waals surface area contributed by atoms with E-state index in [0.29, 0.717) is 10.9 Å². The van der Waals surface area contributed by atoms with Crippen molar-refractivity contribution in [2.24, 2.45) is 0 Å². The van der Waals surface area contributed by atoms with Crippen LogP contribution in [0.2, 0.25) is 0 Å². The third kappa shape index (κ3) is 9.29. The number of aryl methyl sites for hydroxylation is 1. The van der Waals surface area contributed by atoms with E-state index in [9.17, 15) is 54.5 Å². The lowest BCUT2D eigenvalue weighted by Gasteiger charge is -2.24. The van der Waals surface area contributed by atoms with Crippen molar-refractivity contribution in [3.63, 3.8) is 0 Å². The number of quaternary nitrogens is 1. The Kier molecular flexibility index (Phi) is 11.1. The molecule has 0 atom stereocenters. The first-order valence-electron chi connectivity index (χ1n) is 14.4. The van der Waals surface area contributed by atoms with E-state index in [0.717, 1.165) is 10.5 Å². The largest absolute Gasteiger partial charge is 0.488 e. The average Bonchev–Trinajstić information content (AvgIpc) is 3.01. The van der Waals surface area contributed by atoms with Gasteiger partial charge in [-0.1, -0.05) is 6.07 Å². The van der Waals surface area contributed by atoms with Crippen molar-refractivity contribution in [3.05, 3.63) is 86.8 Å². The number of nitro groups is 1. The molecule has 49 heavy (non-hydrogen) atoms. The van der Waals surface area contributed by atoms with Crippen molar-refractivity contribution in [2.75, 3.05) is 44.3 Å². The van der Waals surface area contributed by atoms with E-state index in [-0.39, 0.29) is 57.8 Å². The van der Waals surface area contributed by atoms with Gasteiger partial charge in [0.2, 0.25) is 0 Å². The summed E-state index contributed by atoms with van der Waals surface area (Å²) in [6.45, 7) is -1.21.